The van der Waals surface area contributed by atoms with Gasteiger partial charge < -0.3 is 10.1 Å². The van der Waals surface area contributed by atoms with E-state index in [-0.39, 0.29) is 16.7 Å². The second kappa shape index (κ2) is 8.32. The van der Waals surface area contributed by atoms with Gasteiger partial charge in [-0.2, -0.15) is 0 Å². The number of nitrogens with zero attached hydrogens (tertiary/aromatic N) is 1. The minimum absolute atomic E-state index is 0.0325. The highest BCUT2D eigenvalue weighted by atomic mass is 35.5. The largest absolute Gasteiger partial charge is 0.497 e. The van der Waals surface area contributed by atoms with Gasteiger partial charge >= 0.3 is 10.7 Å². The highest BCUT2D eigenvalue weighted by Crippen LogP contribution is 2.23. The van der Waals surface area contributed by atoms with Crippen molar-refractivity contribution in [2.24, 2.45) is 0 Å². The van der Waals surface area contributed by atoms with Crippen molar-refractivity contribution in [3.63, 3.8) is 0 Å². The fraction of sp³-hybridized carbons (Fsp3) is 0.167. The van der Waals surface area contributed by atoms with Crippen molar-refractivity contribution in [2.75, 3.05) is 18.2 Å². The zero-order valence-electron chi connectivity index (χ0n) is 14.6. The number of rotatable bonds is 6. The molecule has 0 fully saturated rings. The van der Waals surface area contributed by atoms with Gasteiger partial charge in [0.05, 0.1) is 12.9 Å². The van der Waals surface area contributed by atoms with E-state index >= 15 is 0 Å². The molecule has 2 aromatic carbocycles. The molecular formula is C18H17ClN3O4S+. The Labute approximate surface area is 164 Å². The molecule has 0 spiro atoms. The van der Waals surface area contributed by atoms with Crippen LogP contribution in [0.5, 0.6) is 5.75 Å². The van der Waals surface area contributed by atoms with Gasteiger partial charge in [-0.15, -0.1) is 0 Å². The van der Waals surface area contributed by atoms with Crippen LogP contribution in [-0.2, 0) is 4.79 Å². The number of aromatic amines is 1. The number of hydrogen-bond acceptors (Lipinski definition) is 5. The molecule has 0 radical (unpaired) electrons. The average molecular weight is 407 g/mol. The van der Waals surface area contributed by atoms with E-state index in [9.17, 15) is 9.59 Å². The number of amides is 1. The third kappa shape index (κ3) is 4.35. The molecule has 1 amide bonds. The van der Waals surface area contributed by atoms with Gasteiger partial charge in [0, 0.05) is 22.8 Å². The van der Waals surface area contributed by atoms with E-state index in [1.165, 1.54) is 4.68 Å². The van der Waals surface area contributed by atoms with E-state index in [1.54, 1.807) is 49.6 Å². The topological polar surface area (TPSA) is 88.2 Å². The molecular weight excluding hydrogens is 390 g/mol. The minimum Gasteiger partial charge on any atom is -0.497 e. The summed E-state index contributed by atoms with van der Waals surface area (Å²) < 4.78 is 11.5. The Hall–Kier alpha value is -2.71. The fourth-order valence-electron chi connectivity index (χ4n) is 2.35. The van der Waals surface area contributed by atoms with E-state index in [4.69, 9.17) is 20.9 Å². The molecule has 2 N–H and O–H groups in total. The smallest absolute Gasteiger partial charge is 0.442 e. The van der Waals surface area contributed by atoms with Crippen LogP contribution in [0.4, 0.5) is 5.69 Å². The summed E-state index contributed by atoms with van der Waals surface area (Å²) in [4.78, 5) is 24.3. The van der Waals surface area contributed by atoms with Crippen LogP contribution in [0.15, 0.2) is 56.8 Å². The Kier molecular flexibility index (Phi) is 5.88. The zero-order chi connectivity index (χ0) is 19.4. The van der Waals surface area contributed by atoms with Crippen molar-refractivity contribution in [3.8, 4) is 11.4 Å². The Morgan fingerprint density at radius 2 is 2.04 bits per heavy atom. The number of halogens is 1. The van der Waals surface area contributed by atoms with Crippen molar-refractivity contribution >= 4 is 35.0 Å². The van der Waals surface area contributed by atoms with Crippen LogP contribution in [0.25, 0.3) is 5.69 Å². The molecule has 0 saturated heterocycles. The Balaban J connectivity index is 1.72. The number of nitrogens with one attached hydrogen (secondary N) is 2. The van der Waals surface area contributed by atoms with Gasteiger partial charge in [0.1, 0.15) is 5.75 Å². The summed E-state index contributed by atoms with van der Waals surface area (Å²) in [5.74, 6) is 0.466. The molecule has 0 aliphatic rings. The van der Waals surface area contributed by atoms with Gasteiger partial charge in [-0.3, -0.25) is 9.32 Å². The van der Waals surface area contributed by atoms with Crippen LogP contribution in [0.3, 0.4) is 0 Å². The summed E-state index contributed by atoms with van der Waals surface area (Å²) in [6.45, 7) is 1.82. The first-order valence-electron chi connectivity index (χ1n) is 7.95. The summed E-state index contributed by atoms with van der Waals surface area (Å²) in [6, 6.07) is 12.3. The SMILES string of the molecule is COc1ccc(-[n+]2[nH]oc(=O)c2SCC(=O)Nc2cccc(Cl)c2C)cc1. The van der Waals surface area contributed by atoms with Crippen LogP contribution in [0.2, 0.25) is 5.02 Å². The molecule has 3 rings (SSSR count). The summed E-state index contributed by atoms with van der Waals surface area (Å²) in [5.41, 5.74) is 1.54. The lowest BCUT2D eigenvalue weighted by atomic mass is 10.2. The number of benzene rings is 2. The Morgan fingerprint density at radius 3 is 2.74 bits per heavy atom. The molecule has 0 unspecified atom stereocenters. The zero-order valence-corrected chi connectivity index (χ0v) is 16.2. The molecule has 0 bridgehead atoms. The van der Waals surface area contributed by atoms with Crippen molar-refractivity contribution < 1.29 is 18.7 Å². The van der Waals surface area contributed by atoms with Crippen LogP contribution >= 0.6 is 23.4 Å². The molecule has 1 aromatic heterocycles. The van der Waals surface area contributed by atoms with Crippen LogP contribution in [0, 0.1) is 6.92 Å². The predicted molar refractivity (Wildman–Crippen MR) is 103 cm³/mol. The van der Waals surface area contributed by atoms with Gasteiger partial charge in [-0.05, 0) is 58.5 Å². The van der Waals surface area contributed by atoms with Gasteiger partial charge in [0.25, 0.3) is 0 Å². The number of carbonyl (C=O) groups is 1. The quantitative estimate of drug-likeness (QED) is 0.485. The number of H-pyrrole nitrogens is 1. The molecule has 7 nitrogen and oxygen atoms in total. The van der Waals surface area contributed by atoms with E-state index in [0.29, 0.717) is 22.1 Å². The second-order valence-corrected chi connectivity index (χ2v) is 6.94. The molecule has 9 heteroatoms. The van der Waals surface area contributed by atoms with Crippen molar-refractivity contribution in [1.82, 2.24) is 5.27 Å². The van der Waals surface area contributed by atoms with Gasteiger partial charge in [-0.25, -0.2) is 4.79 Å². The average Bonchev–Trinajstić information content (AvgIpc) is 3.04. The van der Waals surface area contributed by atoms with Gasteiger partial charge in [0.2, 0.25) is 11.6 Å². The van der Waals surface area contributed by atoms with Crippen LogP contribution < -0.4 is 20.4 Å². The minimum atomic E-state index is -0.553. The molecule has 0 aliphatic heterocycles. The van der Waals surface area contributed by atoms with E-state index < -0.39 is 5.63 Å². The Bertz CT molecular complexity index is 1010. The maximum absolute atomic E-state index is 12.3. The van der Waals surface area contributed by atoms with Gasteiger partial charge in [-0.1, -0.05) is 17.7 Å². The second-order valence-electron chi connectivity index (χ2n) is 5.57. The number of carbonyl (C=O) groups excluding carboxylic acids is 1. The van der Waals surface area contributed by atoms with E-state index in [0.717, 1.165) is 17.3 Å². The number of hydrogen-bond donors (Lipinski definition) is 2. The number of methoxy groups -OCH3 is 1. The first kappa shape index (κ1) is 19.1. The summed E-state index contributed by atoms with van der Waals surface area (Å²) in [5, 5.41) is 6.17. The number of aromatic nitrogens is 2. The monoisotopic (exact) mass is 406 g/mol. The standard InChI is InChI=1S/C18H16ClN3O4S/c1-11-14(19)4-3-5-15(11)20-16(23)10-27-17-18(24)26-21-22(17)12-6-8-13(25-2)9-7-12/h3-9H,10H2,1-2H3,(H-,20,21,23,24)/p+1. The first-order valence-corrected chi connectivity index (χ1v) is 9.31. The molecule has 0 aliphatic carbocycles. The lowest BCUT2D eigenvalue weighted by molar-refractivity contribution is -0.704. The van der Waals surface area contributed by atoms with Crippen molar-refractivity contribution in [1.29, 1.82) is 0 Å². The van der Waals surface area contributed by atoms with Crippen molar-refractivity contribution in [2.45, 2.75) is 11.9 Å². The summed E-state index contributed by atoms with van der Waals surface area (Å²) in [7, 11) is 1.57. The third-order valence-corrected chi connectivity index (χ3v) is 5.26. The molecule has 140 valence electrons. The molecule has 3 aromatic rings. The molecule has 27 heavy (non-hydrogen) atoms. The number of ether oxygens (including phenoxy) is 1. The maximum Gasteiger partial charge on any atom is 0.442 e. The molecule has 1 heterocycles. The fourth-order valence-corrected chi connectivity index (χ4v) is 3.30. The van der Waals surface area contributed by atoms with Crippen LogP contribution in [-0.4, -0.2) is 24.0 Å². The molecule has 0 atom stereocenters. The summed E-state index contributed by atoms with van der Waals surface area (Å²) >= 11 is 7.13. The highest BCUT2D eigenvalue weighted by molar-refractivity contribution is 7.99. The number of thioether (sulfide) groups is 1. The third-order valence-electron chi connectivity index (χ3n) is 3.82. The van der Waals surface area contributed by atoms with E-state index in [2.05, 4.69) is 10.6 Å². The first-order chi connectivity index (χ1) is 13.0. The van der Waals surface area contributed by atoms with E-state index in [1.807, 2.05) is 6.92 Å². The van der Waals surface area contributed by atoms with Crippen molar-refractivity contribution in [3.05, 3.63) is 63.5 Å². The molecule has 0 saturated carbocycles. The lowest BCUT2D eigenvalue weighted by Gasteiger charge is -2.08. The summed E-state index contributed by atoms with van der Waals surface area (Å²) in [6.07, 6.45) is 0. The van der Waals surface area contributed by atoms with Crippen LogP contribution in [0.1, 0.15) is 5.56 Å². The Morgan fingerprint density at radius 1 is 1.30 bits per heavy atom. The predicted octanol–water partition coefficient (Wildman–Crippen LogP) is 2.95. The maximum atomic E-state index is 12.3. The number of anilines is 1. The highest BCUT2D eigenvalue weighted by Gasteiger charge is 2.25. The lowest BCUT2D eigenvalue weighted by Crippen LogP contribution is -2.36. The normalized spacial score (nSPS) is 10.6. The van der Waals surface area contributed by atoms with Gasteiger partial charge in [0.15, 0.2) is 0 Å².